The smallest absolute Gasteiger partial charge is 0.290 e. The zero-order valence-electron chi connectivity index (χ0n) is 8.47. The van der Waals surface area contributed by atoms with E-state index in [-0.39, 0.29) is 12.3 Å². The van der Waals surface area contributed by atoms with Crippen molar-refractivity contribution in [2.75, 3.05) is 0 Å². The van der Waals surface area contributed by atoms with E-state index in [1.807, 2.05) is 0 Å². The normalized spacial score (nSPS) is 13.2. The molecule has 0 saturated heterocycles. The first-order valence-corrected chi connectivity index (χ1v) is 5.88. The molecular formula is C9H14O5S. The van der Waals surface area contributed by atoms with Gasteiger partial charge in [-0.25, -0.2) is 0 Å². The summed E-state index contributed by atoms with van der Waals surface area (Å²) in [6, 6.07) is 0. The van der Waals surface area contributed by atoms with Gasteiger partial charge in [-0.15, -0.1) is 6.58 Å². The zero-order valence-corrected chi connectivity index (χ0v) is 9.29. The Kier molecular flexibility index (Phi) is 5.38. The SMILES string of the molecule is C=CCCC(C)CC(=O)C(=O)S(=O)(=O)O. The first-order chi connectivity index (χ1) is 6.79. The molecule has 5 nitrogen and oxygen atoms in total. The summed E-state index contributed by atoms with van der Waals surface area (Å²) in [5.74, 6) is -1.18. The van der Waals surface area contributed by atoms with Gasteiger partial charge in [-0.1, -0.05) is 13.0 Å². The Labute approximate surface area is 88.9 Å². The molecule has 0 aliphatic rings. The van der Waals surface area contributed by atoms with Crippen LogP contribution in [-0.4, -0.2) is 23.9 Å². The molecule has 0 amide bonds. The van der Waals surface area contributed by atoms with E-state index >= 15 is 0 Å². The van der Waals surface area contributed by atoms with Gasteiger partial charge in [-0.2, -0.15) is 8.42 Å². The van der Waals surface area contributed by atoms with Gasteiger partial charge in [0, 0.05) is 6.42 Å². The molecule has 86 valence electrons. The van der Waals surface area contributed by atoms with Gasteiger partial charge in [-0.3, -0.25) is 14.1 Å². The third-order valence-electron chi connectivity index (χ3n) is 1.86. The van der Waals surface area contributed by atoms with Crippen molar-refractivity contribution < 1.29 is 22.6 Å². The minimum atomic E-state index is -4.88. The summed E-state index contributed by atoms with van der Waals surface area (Å²) in [7, 11) is -4.88. The predicted molar refractivity (Wildman–Crippen MR) is 54.8 cm³/mol. The topological polar surface area (TPSA) is 88.5 Å². The van der Waals surface area contributed by atoms with Crippen LogP contribution in [0.2, 0.25) is 0 Å². The molecule has 0 rings (SSSR count). The summed E-state index contributed by atoms with van der Waals surface area (Å²) in [5.41, 5.74) is 0. The second-order valence-electron chi connectivity index (χ2n) is 3.36. The van der Waals surface area contributed by atoms with Crippen molar-refractivity contribution in [3.63, 3.8) is 0 Å². The minimum Gasteiger partial charge on any atom is -0.290 e. The highest BCUT2D eigenvalue weighted by molar-refractivity contribution is 8.03. The van der Waals surface area contributed by atoms with Crippen molar-refractivity contribution >= 4 is 21.0 Å². The van der Waals surface area contributed by atoms with Gasteiger partial charge < -0.3 is 0 Å². The summed E-state index contributed by atoms with van der Waals surface area (Å²) in [6.45, 7) is 5.22. The molecule has 15 heavy (non-hydrogen) atoms. The highest BCUT2D eigenvalue weighted by Gasteiger charge is 2.27. The van der Waals surface area contributed by atoms with Gasteiger partial charge in [0.2, 0.25) is 5.78 Å². The maximum Gasteiger partial charge on any atom is 0.338 e. The fourth-order valence-electron chi connectivity index (χ4n) is 1.05. The molecule has 0 aliphatic heterocycles. The molecule has 1 unspecified atom stereocenters. The summed E-state index contributed by atoms with van der Waals surface area (Å²) >= 11 is 0. The Balaban J connectivity index is 4.26. The van der Waals surface area contributed by atoms with E-state index in [1.54, 1.807) is 13.0 Å². The lowest BCUT2D eigenvalue weighted by Crippen LogP contribution is -2.24. The number of carbonyl (C=O) groups is 2. The van der Waals surface area contributed by atoms with E-state index in [1.165, 1.54) is 0 Å². The van der Waals surface area contributed by atoms with Crippen LogP contribution in [0.4, 0.5) is 0 Å². The van der Waals surface area contributed by atoms with Crippen LogP contribution < -0.4 is 0 Å². The Morgan fingerprint density at radius 3 is 2.40 bits per heavy atom. The number of rotatable bonds is 6. The van der Waals surface area contributed by atoms with Gasteiger partial charge in [0.1, 0.15) is 0 Å². The maximum absolute atomic E-state index is 11.0. The van der Waals surface area contributed by atoms with E-state index in [0.717, 1.165) is 0 Å². The number of hydrogen-bond acceptors (Lipinski definition) is 4. The predicted octanol–water partition coefficient (Wildman–Crippen LogP) is 0.962. The van der Waals surface area contributed by atoms with Gasteiger partial charge >= 0.3 is 15.2 Å². The van der Waals surface area contributed by atoms with Gasteiger partial charge in [-0.05, 0) is 18.8 Å². The molecule has 0 radical (unpaired) electrons. The highest BCUT2D eigenvalue weighted by atomic mass is 32.2. The second kappa shape index (κ2) is 5.77. The molecule has 0 spiro atoms. The van der Waals surface area contributed by atoms with Crippen molar-refractivity contribution in [1.29, 1.82) is 0 Å². The van der Waals surface area contributed by atoms with Gasteiger partial charge in [0.15, 0.2) is 0 Å². The standard InChI is InChI=1S/C9H14O5S/c1-3-4-5-7(2)6-8(10)9(11)15(12,13)14/h3,7H,1,4-6H2,2H3,(H,12,13,14). The van der Waals surface area contributed by atoms with Gasteiger partial charge in [0.25, 0.3) is 0 Å². The van der Waals surface area contributed by atoms with Crippen LogP contribution in [0.15, 0.2) is 12.7 Å². The number of carbonyl (C=O) groups excluding carboxylic acids is 2. The molecule has 0 aliphatic carbocycles. The van der Waals surface area contributed by atoms with Crippen LogP contribution in [0, 0.1) is 5.92 Å². The summed E-state index contributed by atoms with van der Waals surface area (Å²) in [6.07, 6.45) is 2.83. The van der Waals surface area contributed by atoms with Crippen molar-refractivity contribution in [3.05, 3.63) is 12.7 Å². The van der Waals surface area contributed by atoms with Crippen LogP contribution >= 0.6 is 0 Å². The molecule has 0 bridgehead atoms. The molecule has 0 saturated carbocycles. The molecule has 1 N–H and O–H groups in total. The minimum absolute atomic E-state index is 0.110. The number of Topliss-reactive ketones (excluding diaryl/α,β-unsaturated/α-hetero) is 1. The molecule has 6 heteroatoms. The molecule has 1 atom stereocenters. The third-order valence-corrected chi connectivity index (χ3v) is 2.56. The zero-order chi connectivity index (χ0) is 12.1. The molecule has 0 fully saturated rings. The summed E-state index contributed by atoms with van der Waals surface area (Å²) in [5, 5.41) is -1.73. The van der Waals surface area contributed by atoms with Crippen LogP contribution in [0.25, 0.3) is 0 Å². The fraction of sp³-hybridized carbons (Fsp3) is 0.556. The number of ketones is 1. The first kappa shape index (κ1) is 14.0. The fourth-order valence-corrected chi connectivity index (χ4v) is 1.42. The van der Waals surface area contributed by atoms with Crippen LogP contribution in [0.5, 0.6) is 0 Å². The number of allylic oxidation sites excluding steroid dienone is 1. The van der Waals surface area contributed by atoms with E-state index in [2.05, 4.69) is 6.58 Å². The Morgan fingerprint density at radius 2 is 2.00 bits per heavy atom. The monoisotopic (exact) mass is 234 g/mol. The molecule has 0 aromatic carbocycles. The summed E-state index contributed by atoms with van der Waals surface area (Å²) in [4.78, 5) is 21.8. The van der Waals surface area contributed by atoms with Crippen molar-refractivity contribution in [3.8, 4) is 0 Å². The van der Waals surface area contributed by atoms with E-state index in [9.17, 15) is 18.0 Å². The van der Waals surface area contributed by atoms with Crippen LogP contribution in [-0.2, 0) is 19.7 Å². The van der Waals surface area contributed by atoms with Crippen molar-refractivity contribution in [2.24, 2.45) is 5.92 Å². The Morgan fingerprint density at radius 1 is 1.47 bits per heavy atom. The lowest BCUT2D eigenvalue weighted by molar-refractivity contribution is -0.132. The van der Waals surface area contributed by atoms with Gasteiger partial charge in [0.05, 0.1) is 0 Å². The number of hydrogen-bond donors (Lipinski definition) is 1. The Hall–Kier alpha value is -1.01. The van der Waals surface area contributed by atoms with E-state index in [4.69, 9.17) is 4.55 Å². The first-order valence-electron chi connectivity index (χ1n) is 4.44. The van der Waals surface area contributed by atoms with Crippen molar-refractivity contribution in [1.82, 2.24) is 0 Å². The van der Waals surface area contributed by atoms with Crippen LogP contribution in [0.1, 0.15) is 26.2 Å². The second-order valence-corrected chi connectivity index (χ2v) is 4.68. The van der Waals surface area contributed by atoms with Crippen LogP contribution in [0.3, 0.4) is 0 Å². The third kappa shape index (κ3) is 5.44. The highest BCUT2D eigenvalue weighted by Crippen LogP contribution is 2.11. The average Bonchev–Trinajstić information content (AvgIpc) is 2.11. The van der Waals surface area contributed by atoms with E-state index in [0.29, 0.717) is 12.8 Å². The average molecular weight is 234 g/mol. The lowest BCUT2D eigenvalue weighted by Gasteiger charge is -2.06. The molecule has 0 heterocycles. The molecule has 0 aromatic heterocycles. The van der Waals surface area contributed by atoms with Crippen molar-refractivity contribution in [2.45, 2.75) is 26.2 Å². The maximum atomic E-state index is 11.0. The summed E-state index contributed by atoms with van der Waals surface area (Å²) < 4.78 is 29.0. The van der Waals surface area contributed by atoms with E-state index < -0.39 is 21.0 Å². The quantitative estimate of drug-likeness (QED) is 0.420. The molecule has 0 aromatic rings. The molecular weight excluding hydrogens is 220 g/mol. The largest absolute Gasteiger partial charge is 0.338 e. The lowest BCUT2D eigenvalue weighted by atomic mass is 10.00. The Bertz CT molecular complexity index is 355.